The molecule has 4 rings (SSSR count). The molecular formula is C29H34N4O2. The number of hydrogen-bond donors (Lipinski definition) is 2. The molecular weight excluding hydrogens is 436 g/mol. The van der Waals surface area contributed by atoms with Crippen LogP contribution in [0.5, 0.6) is 5.75 Å². The molecule has 182 valence electrons. The first-order chi connectivity index (χ1) is 16.4. The summed E-state index contributed by atoms with van der Waals surface area (Å²) < 4.78 is 3.63. The number of Topliss-reactive ketones (excluding diaryl/α,β-unsaturated/α-hetero) is 1. The summed E-state index contributed by atoms with van der Waals surface area (Å²) in [6.07, 6.45) is 1.74. The molecule has 6 heteroatoms. The predicted molar refractivity (Wildman–Crippen MR) is 139 cm³/mol. The summed E-state index contributed by atoms with van der Waals surface area (Å²) in [5.41, 5.74) is 4.20. The van der Waals surface area contributed by atoms with Gasteiger partial charge in [0.2, 0.25) is 5.62 Å². The smallest absolute Gasteiger partial charge is 0.203 e. The Kier molecular flexibility index (Phi) is 6.18. The van der Waals surface area contributed by atoms with Crippen molar-refractivity contribution in [2.45, 2.75) is 65.5 Å². The summed E-state index contributed by atoms with van der Waals surface area (Å²) in [7, 11) is 0. The Balaban J connectivity index is 1.80. The fourth-order valence-corrected chi connectivity index (χ4v) is 4.44. The van der Waals surface area contributed by atoms with Gasteiger partial charge in [-0.05, 0) is 47.2 Å². The fourth-order valence-electron chi connectivity index (χ4n) is 4.44. The molecule has 4 aromatic rings. The van der Waals surface area contributed by atoms with Crippen LogP contribution in [0.25, 0.3) is 11.0 Å². The topological polar surface area (TPSA) is 83.9 Å². The first kappa shape index (κ1) is 24.5. The second-order valence-corrected chi connectivity index (χ2v) is 11.1. The van der Waals surface area contributed by atoms with Crippen LogP contribution in [-0.2, 0) is 23.9 Å². The molecule has 0 unspecified atom stereocenters. The minimum atomic E-state index is -0.327. The van der Waals surface area contributed by atoms with Crippen molar-refractivity contribution < 1.29 is 9.90 Å². The molecule has 2 heterocycles. The lowest BCUT2D eigenvalue weighted by Gasteiger charge is -2.28. The van der Waals surface area contributed by atoms with Crippen LogP contribution in [0.3, 0.4) is 0 Å². The van der Waals surface area contributed by atoms with E-state index in [1.54, 1.807) is 10.8 Å². The fraction of sp³-hybridized carbons (Fsp3) is 0.345. The second-order valence-electron chi connectivity index (χ2n) is 11.1. The molecule has 0 saturated heterocycles. The van der Waals surface area contributed by atoms with Crippen LogP contribution in [0.2, 0.25) is 0 Å². The third-order valence-electron chi connectivity index (χ3n) is 6.37. The normalized spacial score (nSPS) is 12.3. The van der Waals surface area contributed by atoms with Gasteiger partial charge in [0.15, 0.2) is 5.78 Å². The van der Waals surface area contributed by atoms with Crippen molar-refractivity contribution in [2.75, 3.05) is 0 Å². The van der Waals surface area contributed by atoms with Crippen LogP contribution in [0.4, 0.5) is 0 Å². The lowest BCUT2D eigenvalue weighted by molar-refractivity contribution is 0.0971. The van der Waals surface area contributed by atoms with E-state index >= 15 is 0 Å². The standard InChI is InChI=1S/C29H34N4O2/c1-28(2,3)21-15-19(16-22(26(21)35)29(4,5)6)25(34)18-33-24-13-8-7-12-23(24)32(27(33)30)17-20-11-9-10-14-31-20/h7-16,30,35H,17-18H2,1-6H3. The van der Waals surface area contributed by atoms with Crippen LogP contribution in [-0.4, -0.2) is 25.0 Å². The van der Waals surface area contributed by atoms with Crippen LogP contribution < -0.4 is 5.62 Å². The van der Waals surface area contributed by atoms with Gasteiger partial charge in [0.1, 0.15) is 5.75 Å². The van der Waals surface area contributed by atoms with Gasteiger partial charge in [-0.25, -0.2) is 0 Å². The number of carbonyl (C=O) groups is 1. The van der Waals surface area contributed by atoms with Gasteiger partial charge in [-0.3, -0.25) is 15.2 Å². The highest BCUT2D eigenvalue weighted by atomic mass is 16.3. The van der Waals surface area contributed by atoms with Gasteiger partial charge >= 0.3 is 0 Å². The summed E-state index contributed by atoms with van der Waals surface area (Å²) in [6, 6.07) is 17.1. The third-order valence-corrected chi connectivity index (χ3v) is 6.37. The Labute approximate surface area is 206 Å². The number of nitrogens with zero attached hydrogens (tertiary/aromatic N) is 3. The van der Waals surface area contributed by atoms with E-state index in [1.807, 2.05) is 101 Å². The Hall–Kier alpha value is -3.67. The predicted octanol–water partition coefficient (Wildman–Crippen LogP) is 5.55. The maximum Gasteiger partial charge on any atom is 0.203 e. The lowest BCUT2D eigenvalue weighted by Crippen LogP contribution is -2.28. The highest BCUT2D eigenvalue weighted by molar-refractivity contribution is 5.97. The Morgan fingerprint density at radius 3 is 1.94 bits per heavy atom. The van der Waals surface area contributed by atoms with E-state index in [2.05, 4.69) is 4.98 Å². The number of phenolic OH excluding ortho intramolecular Hbond substituents is 1. The average molecular weight is 471 g/mol. The number of aromatic hydroxyl groups is 1. The highest BCUT2D eigenvalue weighted by Gasteiger charge is 2.28. The number of nitrogens with one attached hydrogen (secondary N) is 1. The Morgan fingerprint density at radius 1 is 0.886 bits per heavy atom. The molecule has 0 bridgehead atoms. The molecule has 0 aliphatic carbocycles. The van der Waals surface area contributed by atoms with Gasteiger partial charge in [0.05, 0.1) is 29.8 Å². The van der Waals surface area contributed by atoms with Crippen molar-refractivity contribution in [1.82, 2.24) is 14.1 Å². The van der Waals surface area contributed by atoms with Crippen LogP contribution in [0.1, 0.15) is 68.7 Å². The van der Waals surface area contributed by atoms with Crippen molar-refractivity contribution >= 4 is 16.8 Å². The van der Waals surface area contributed by atoms with E-state index in [4.69, 9.17) is 5.41 Å². The number of para-hydroxylation sites is 2. The average Bonchev–Trinajstić information content (AvgIpc) is 3.04. The molecule has 0 spiro atoms. The van der Waals surface area contributed by atoms with Crippen molar-refractivity contribution in [3.63, 3.8) is 0 Å². The lowest BCUT2D eigenvalue weighted by atomic mass is 9.78. The molecule has 0 amide bonds. The van der Waals surface area contributed by atoms with Crippen LogP contribution >= 0.6 is 0 Å². The van der Waals surface area contributed by atoms with Crippen molar-refractivity contribution in [3.8, 4) is 5.75 Å². The molecule has 2 aromatic heterocycles. The molecule has 0 atom stereocenters. The number of imidazole rings is 1. The van der Waals surface area contributed by atoms with E-state index in [-0.39, 0.29) is 34.5 Å². The van der Waals surface area contributed by atoms with E-state index in [1.165, 1.54) is 0 Å². The van der Waals surface area contributed by atoms with E-state index in [0.717, 1.165) is 27.9 Å². The molecule has 2 aromatic carbocycles. The molecule has 0 fully saturated rings. The molecule has 0 radical (unpaired) electrons. The minimum absolute atomic E-state index is 0.0342. The summed E-state index contributed by atoms with van der Waals surface area (Å²) in [5, 5.41) is 19.9. The summed E-state index contributed by atoms with van der Waals surface area (Å²) >= 11 is 0. The molecule has 35 heavy (non-hydrogen) atoms. The minimum Gasteiger partial charge on any atom is -0.507 e. The Bertz CT molecular complexity index is 1410. The zero-order valence-corrected chi connectivity index (χ0v) is 21.4. The molecule has 0 aliphatic heterocycles. The first-order valence-corrected chi connectivity index (χ1v) is 11.9. The largest absolute Gasteiger partial charge is 0.507 e. The molecule has 0 saturated carbocycles. The van der Waals surface area contributed by atoms with Gasteiger partial charge in [-0.1, -0.05) is 59.7 Å². The van der Waals surface area contributed by atoms with E-state index in [0.29, 0.717) is 12.1 Å². The van der Waals surface area contributed by atoms with Crippen LogP contribution in [0, 0.1) is 5.41 Å². The molecule has 2 N–H and O–H groups in total. The number of carbonyl (C=O) groups excluding carboxylic acids is 1. The van der Waals surface area contributed by atoms with Gasteiger partial charge in [-0.2, -0.15) is 0 Å². The number of rotatable bonds is 5. The summed E-state index contributed by atoms with van der Waals surface area (Å²) in [5.74, 6) is 0.155. The number of aromatic nitrogens is 3. The number of benzene rings is 2. The summed E-state index contributed by atoms with van der Waals surface area (Å²) in [4.78, 5) is 18.0. The first-order valence-electron chi connectivity index (χ1n) is 11.9. The van der Waals surface area contributed by atoms with E-state index in [9.17, 15) is 9.90 Å². The monoisotopic (exact) mass is 470 g/mol. The number of hydrogen-bond acceptors (Lipinski definition) is 4. The molecule has 6 nitrogen and oxygen atoms in total. The summed E-state index contributed by atoms with van der Waals surface area (Å²) in [6.45, 7) is 12.7. The highest BCUT2D eigenvalue weighted by Crippen LogP contribution is 2.40. The maximum absolute atomic E-state index is 13.6. The van der Waals surface area contributed by atoms with Gasteiger partial charge in [0, 0.05) is 22.9 Å². The van der Waals surface area contributed by atoms with Crippen molar-refractivity contribution in [2.24, 2.45) is 0 Å². The number of fused-ring (bicyclic) bond motifs is 1. The zero-order valence-electron chi connectivity index (χ0n) is 21.4. The number of phenols is 1. The Morgan fingerprint density at radius 2 is 1.43 bits per heavy atom. The van der Waals surface area contributed by atoms with Gasteiger partial charge in [0.25, 0.3) is 0 Å². The van der Waals surface area contributed by atoms with Crippen molar-refractivity contribution in [3.05, 3.63) is 88.8 Å². The van der Waals surface area contributed by atoms with Crippen LogP contribution in [0.15, 0.2) is 60.8 Å². The molecule has 0 aliphatic rings. The SMILES string of the molecule is CC(C)(C)c1cc(C(=O)Cn2c(=N)n(Cc3ccccn3)c3ccccc32)cc(C(C)(C)C)c1O. The third kappa shape index (κ3) is 4.78. The van der Waals surface area contributed by atoms with Crippen molar-refractivity contribution in [1.29, 1.82) is 5.41 Å². The number of ketones is 1. The maximum atomic E-state index is 13.6. The number of pyridine rings is 1. The second kappa shape index (κ2) is 8.84. The van der Waals surface area contributed by atoms with Gasteiger partial charge < -0.3 is 14.2 Å². The zero-order chi connectivity index (χ0) is 25.5. The van der Waals surface area contributed by atoms with Gasteiger partial charge in [-0.15, -0.1) is 0 Å². The van der Waals surface area contributed by atoms with E-state index < -0.39 is 0 Å². The quantitative estimate of drug-likeness (QED) is 0.375.